The molecule has 4 N–H and O–H groups in total. The van der Waals surface area contributed by atoms with E-state index in [0.717, 1.165) is 135 Å². The molecule has 5 atom stereocenters. The Morgan fingerprint density at radius 1 is 0.319 bits per heavy atom. The summed E-state index contributed by atoms with van der Waals surface area (Å²) in [6.45, 7) is 2.26. The lowest BCUT2D eigenvalue weighted by Crippen LogP contribution is -2.30. The van der Waals surface area contributed by atoms with E-state index in [0.29, 0.717) is 25.7 Å². The number of carbonyl (C=O) groups is 3. The molecule has 0 amide bonds. The predicted molar refractivity (Wildman–Crippen MR) is 371 cm³/mol. The van der Waals surface area contributed by atoms with Crippen LogP contribution >= 0.6 is 15.6 Å². The summed E-state index contributed by atoms with van der Waals surface area (Å²) in [5.74, 6) is -1.70. The molecule has 16 nitrogen and oxygen atoms in total. The molecule has 0 aromatic rings. The number of carbonyl (C=O) groups excluding carboxylic acids is 3. The van der Waals surface area contributed by atoms with Crippen LogP contribution in [0, 0.1) is 0 Å². The van der Waals surface area contributed by atoms with Crippen LogP contribution in [0.3, 0.4) is 0 Å². The normalized spacial score (nSPS) is 15.1. The molecule has 0 spiro atoms. The lowest BCUT2D eigenvalue weighted by molar-refractivity contribution is -0.161. The van der Waals surface area contributed by atoms with E-state index in [1.54, 1.807) is 0 Å². The zero-order chi connectivity index (χ0) is 66.7. The van der Waals surface area contributed by atoms with Gasteiger partial charge in [-0.1, -0.05) is 244 Å². The van der Waals surface area contributed by atoms with E-state index in [1.165, 1.54) is 38.5 Å². The number of allylic oxidation sites excluding steroid dienone is 24. The highest BCUT2D eigenvalue weighted by Crippen LogP contribution is 2.45. The van der Waals surface area contributed by atoms with Gasteiger partial charge in [0.2, 0.25) is 0 Å². The number of aliphatic hydroxyl groups is 2. The van der Waals surface area contributed by atoms with Gasteiger partial charge in [0.1, 0.15) is 25.4 Å². The Hall–Kier alpha value is -4.57. The number of hydrogen-bond donors (Lipinski definition) is 4. The van der Waals surface area contributed by atoms with E-state index < -0.39 is 91.5 Å². The van der Waals surface area contributed by atoms with Crippen LogP contribution in [-0.2, 0) is 55.8 Å². The second-order valence-electron chi connectivity index (χ2n) is 22.2. The first-order chi connectivity index (χ1) is 44.2. The molecule has 5 unspecified atom stereocenters. The maximum absolute atomic E-state index is 12.9. The molecule has 0 aromatic heterocycles. The van der Waals surface area contributed by atoms with Crippen LogP contribution in [0.25, 0.3) is 0 Å². The van der Waals surface area contributed by atoms with E-state index in [2.05, 4.69) is 148 Å². The lowest BCUT2D eigenvalue weighted by atomic mass is 10.1. The van der Waals surface area contributed by atoms with E-state index in [-0.39, 0.29) is 19.3 Å². The zero-order valence-corrected chi connectivity index (χ0v) is 57.7. The van der Waals surface area contributed by atoms with Gasteiger partial charge in [0.05, 0.1) is 26.4 Å². The Balaban J connectivity index is 4.60. The third-order valence-electron chi connectivity index (χ3n) is 13.5. The van der Waals surface area contributed by atoms with Gasteiger partial charge in [0.25, 0.3) is 0 Å². The van der Waals surface area contributed by atoms with Gasteiger partial charge in [-0.2, -0.15) is 0 Å². The van der Waals surface area contributed by atoms with E-state index in [1.807, 2.05) is 18.2 Å². The van der Waals surface area contributed by atoms with Crippen LogP contribution in [0.4, 0.5) is 0 Å². The first-order valence-corrected chi connectivity index (χ1v) is 37.1. The minimum absolute atomic E-state index is 0.0395. The summed E-state index contributed by atoms with van der Waals surface area (Å²) in [5, 5.41) is 20.5. The third-order valence-corrected chi connectivity index (χ3v) is 15.4. The van der Waals surface area contributed by atoms with Crippen molar-refractivity contribution >= 4 is 33.6 Å². The predicted octanol–water partition coefficient (Wildman–Crippen LogP) is 19.0. The molecule has 0 rings (SSSR count). The smallest absolute Gasteiger partial charge is 0.463 e. The average molecular weight is 1320 g/mol. The van der Waals surface area contributed by atoms with Crippen molar-refractivity contribution in [3.63, 3.8) is 0 Å². The van der Waals surface area contributed by atoms with Gasteiger partial charge in [-0.3, -0.25) is 32.5 Å². The first kappa shape index (κ1) is 86.4. The van der Waals surface area contributed by atoms with Gasteiger partial charge in [-0.05, 0) is 122 Å². The second-order valence-corrected chi connectivity index (χ2v) is 25.1. The van der Waals surface area contributed by atoms with Gasteiger partial charge in [0, 0.05) is 19.3 Å². The number of phosphoric ester groups is 2. The van der Waals surface area contributed by atoms with Crippen molar-refractivity contribution in [1.82, 2.24) is 0 Å². The number of rotatable bonds is 63. The molecule has 91 heavy (non-hydrogen) atoms. The molecule has 518 valence electrons. The maximum Gasteiger partial charge on any atom is 0.472 e. The number of esters is 3. The summed E-state index contributed by atoms with van der Waals surface area (Å²) in [6.07, 6.45) is 77.9. The lowest BCUT2D eigenvalue weighted by Gasteiger charge is -2.21. The van der Waals surface area contributed by atoms with Crippen LogP contribution in [0.1, 0.15) is 239 Å². The molecule has 0 heterocycles. The Morgan fingerprint density at radius 3 is 1.00 bits per heavy atom. The minimum atomic E-state index is -4.94. The molecular weight excluding hydrogens is 1190 g/mol. The summed E-state index contributed by atoms with van der Waals surface area (Å²) >= 11 is 0. The van der Waals surface area contributed by atoms with Crippen LogP contribution in [0.15, 0.2) is 146 Å². The highest BCUT2D eigenvalue weighted by molar-refractivity contribution is 7.47. The van der Waals surface area contributed by atoms with E-state index in [9.17, 15) is 43.5 Å². The molecule has 0 aromatic carbocycles. The van der Waals surface area contributed by atoms with Crippen molar-refractivity contribution in [3.8, 4) is 0 Å². The summed E-state index contributed by atoms with van der Waals surface area (Å²) in [6, 6.07) is 0. The van der Waals surface area contributed by atoms with Crippen molar-refractivity contribution in [2.24, 2.45) is 0 Å². The molecule has 0 saturated carbocycles. The summed E-state index contributed by atoms with van der Waals surface area (Å²) in [5.41, 5.74) is 0. The number of phosphoric acid groups is 2. The third kappa shape index (κ3) is 66.7. The fourth-order valence-corrected chi connectivity index (χ4v) is 9.95. The Bertz CT molecular complexity index is 2240. The Labute approximate surface area is 549 Å². The molecule has 0 aliphatic rings. The average Bonchev–Trinajstić information content (AvgIpc) is 3.70. The molecule has 0 aliphatic heterocycles. The van der Waals surface area contributed by atoms with Gasteiger partial charge in [0.15, 0.2) is 6.10 Å². The Kier molecular flexibility index (Phi) is 62.2. The zero-order valence-electron chi connectivity index (χ0n) is 56.0. The van der Waals surface area contributed by atoms with Crippen molar-refractivity contribution in [3.05, 3.63) is 146 Å². The molecule has 0 bridgehead atoms. The largest absolute Gasteiger partial charge is 0.472 e. The minimum Gasteiger partial charge on any atom is -0.463 e. The summed E-state index contributed by atoms with van der Waals surface area (Å²) < 4.78 is 60.7. The summed E-state index contributed by atoms with van der Waals surface area (Å²) in [4.78, 5) is 58.2. The quantitative estimate of drug-likeness (QED) is 0.0146. The fraction of sp³-hybridized carbons (Fsp3) is 0.630. The van der Waals surface area contributed by atoms with Crippen molar-refractivity contribution in [2.45, 2.75) is 257 Å². The van der Waals surface area contributed by atoms with Gasteiger partial charge < -0.3 is 34.2 Å². The first-order valence-electron chi connectivity index (χ1n) is 34.1. The topological polar surface area (TPSA) is 231 Å². The number of ether oxygens (including phenoxy) is 3. The second kappa shape index (κ2) is 65.5. The highest BCUT2D eigenvalue weighted by Gasteiger charge is 2.29. The van der Waals surface area contributed by atoms with E-state index in [4.69, 9.17) is 32.3 Å². The van der Waals surface area contributed by atoms with Crippen LogP contribution in [0.2, 0.25) is 0 Å². The molecule has 0 saturated heterocycles. The van der Waals surface area contributed by atoms with E-state index >= 15 is 0 Å². The number of unbranched alkanes of at least 4 members (excludes halogenated alkanes) is 16. The van der Waals surface area contributed by atoms with Crippen LogP contribution < -0.4 is 0 Å². The molecule has 0 radical (unpaired) electrons. The molecule has 0 fully saturated rings. The van der Waals surface area contributed by atoms with Crippen molar-refractivity contribution < 1.29 is 75.8 Å². The van der Waals surface area contributed by atoms with Crippen LogP contribution in [0.5, 0.6) is 0 Å². The van der Waals surface area contributed by atoms with Gasteiger partial charge >= 0.3 is 33.6 Å². The van der Waals surface area contributed by atoms with Crippen molar-refractivity contribution in [1.29, 1.82) is 0 Å². The molecular formula is C73H120O16P2. The van der Waals surface area contributed by atoms with Crippen molar-refractivity contribution in [2.75, 3.05) is 39.6 Å². The molecule has 18 heteroatoms. The highest BCUT2D eigenvalue weighted by atomic mass is 31.2. The SMILES string of the molecule is CC/C=C\C/C=C\C/C=C\C/C=C\C/C=C\C/C=C\CCC(=O)OCC(COP(=O)(O)OCC(O)COP(=O)(O)OCC(O)COC(=O)CCCCCCCCCCC/C=C\C/C=C\C/C=C\C/C=C\C/C=C\CC)OC(=O)CCCCCCC/C=C\CCCC. The number of hydrogen-bond acceptors (Lipinski definition) is 14. The standard InChI is InChI=1S/C73H120O16P2/c1-4-7-10-13-16-19-22-24-26-28-30-31-32-33-34-35-37-39-40-42-45-47-50-53-56-59-71(76)83-62-68(74)63-85-90(79,80)86-64-69(75)65-87-91(81,82)88-67-70(89-73(78)61-58-55-52-49-44-21-18-15-12-9-6-3)66-84-72(77)60-57-54-51-48-46-43-41-38-36-29-27-25-23-20-17-14-11-8-5-2/h7-8,10-11,15-20,24-27,30-31,33-34,36,38,43,46,51,54,68-70,74-75H,4-6,9,12-14,21-23,28-29,32,35,37,39-42,44-45,47-50,52-53,55-67H2,1-3H3,(H,79,80)(H,81,82)/b10-7-,11-8-,18-15-,19-16-,20-17-,26-24-,27-25-,31-30-,34-33-,38-36-,46-43-,54-51-. The van der Waals surface area contributed by atoms with Gasteiger partial charge in [-0.25, -0.2) is 9.13 Å². The number of aliphatic hydroxyl groups excluding tert-OH is 2. The summed E-state index contributed by atoms with van der Waals surface area (Å²) in [7, 11) is -9.80. The fourth-order valence-electron chi connectivity index (χ4n) is 8.37. The maximum atomic E-state index is 12.9. The molecule has 0 aliphatic carbocycles. The van der Waals surface area contributed by atoms with Gasteiger partial charge in [-0.15, -0.1) is 0 Å². The van der Waals surface area contributed by atoms with Crippen LogP contribution in [-0.4, -0.2) is 95.9 Å². The Morgan fingerprint density at radius 2 is 0.604 bits per heavy atom. The monoisotopic (exact) mass is 1310 g/mol.